The van der Waals surface area contributed by atoms with Crippen LogP contribution in [0.1, 0.15) is 47.4 Å². The number of carboxylic acid groups (broad SMARTS) is 1. The summed E-state index contributed by atoms with van der Waals surface area (Å²) in [6, 6.07) is 6.85. The minimum atomic E-state index is -1.42. The van der Waals surface area contributed by atoms with Crippen LogP contribution in [0.5, 0.6) is 11.5 Å². The fourth-order valence-corrected chi connectivity index (χ4v) is 7.42. The van der Waals surface area contributed by atoms with Crippen LogP contribution < -0.4 is 9.47 Å². The fraction of sp³-hybridized carbons (Fsp3) is 0.138. The molecule has 0 radical (unpaired) electrons. The highest BCUT2D eigenvalue weighted by atomic mass is 79.9. The van der Waals surface area contributed by atoms with E-state index >= 15 is 0 Å². The molecular weight excluding hydrogens is 858 g/mol. The molecule has 12 nitrogen and oxygen atoms in total. The standard InChI is InChI=1S/C29H15Br4NO11/c1-10(35)42-26-16(30)8-14-21(15-9-17(31)27(43-11(2)36)23(33)25(15)44-24(14)22(26)32)20-12(28(39)40)4-3-5-13(20)29(41)45-34-18(37)6-7-19(34)38/h3-5,8-9H,6-7H2,1-2H3/p+1. The van der Waals surface area contributed by atoms with Gasteiger partial charge in [0.1, 0.15) is 0 Å². The number of ether oxygens (including phenoxy) is 2. The number of carbonyl (C=O) groups is 6. The normalized spacial score (nSPS) is 13.0. The number of rotatable bonds is 6. The van der Waals surface area contributed by atoms with Crippen LogP contribution in [0.15, 0.2) is 52.6 Å². The molecule has 0 aliphatic carbocycles. The lowest BCUT2D eigenvalue weighted by molar-refractivity contribution is -0.172. The zero-order chi connectivity index (χ0) is 32.9. The van der Waals surface area contributed by atoms with E-state index in [0.717, 1.165) is 0 Å². The minimum Gasteiger partial charge on any atom is -0.478 e. The first-order chi connectivity index (χ1) is 21.2. The smallest absolute Gasteiger partial charge is 0.379 e. The number of nitrogens with zero attached hydrogens (tertiary/aromatic N) is 1. The summed E-state index contributed by atoms with van der Waals surface area (Å²) in [5, 5.41) is 11.1. The number of hydroxylamine groups is 2. The van der Waals surface area contributed by atoms with Crippen molar-refractivity contribution in [3.8, 4) is 22.6 Å². The Morgan fingerprint density at radius 3 is 1.69 bits per heavy atom. The van der Waals surface area contributed by atoms with Crippen molar-refractivity contribution >= 4 is 121 Å². The molecule has 0 spiro atoms. The van der Waals surface area contributed by atoms with E-state index in [1.165, 1.54) is 44.2 Å². The topological polar surface area (TPSA) is 165 Å². The molecule has 4 aromatic rings. The molecule has 16 heteroatoms. The summed E-state index contributed by atoms with van der Waals surface area (Å²) in [6.07, 6.45) is -0.300. The van der Waals surface area contributed by atoms with Crippen molar-refractivity contribution < 1.29 is 52.6 Å². The average Bonchev–Trinajstić information content (AvgIpc) is 3.28. The molecule has 5 rings (SSSR count). The summed E-state index contributed by atoms with van der Waals surface area (Å²) in [6.45, 7) is 2.39. The molecule has 3 aromatic carbocycles. The van der Waals surface area contributed by atoms with Crippen LogP contribution >= 0.6 is 63.7 Å². The Balaban J connectivity index is 1.95. The van der Waals surface area contributed by atoms with Crippen LogP contribution in [0.25, 0.3) is 33.1 Å². The van der Waals surface area contributed by atoms with E-state index in [1.807, 2.05) is 0 Å². The lowest BCUT2D eigenvalue weighted by Gasteiger charge is -2.17. The van der Waals surface area contributed by atoms with E-state index in [4.69, 9.17) is 18.7 Å². The second-order valence-corrected chi connectivity index (χ2v) is 12.7. The Bertz CT molecular complexity index is 1940. The van der Waals surface area contributed by atoms with E-state index in [9.17, 15) is 33.9 Å². The lowest BCUT2D eigenvalue weighted by atomic mass is 9.89. The molecule has 0 saturated carbocycles. The number of carboxylic acids is 1. The molecule has 45 heavy (non-hydrogen) atoms. The van der Waals surface area contributed by atoms with Gasteiger partial charge in [0.2, 0.25) is 0 Å². The minimum absolute atomic E-state index is 0.0368. The maximum atomic E-state index is 13.6. The van der Waals surface area contributed by atoms with Gasteiger partial charge in [0, 0.05) is 37.8 Å². The van der Waals surface area contributed by atoms with Crippen molar-refractivity contribution in [2.24, 2.45) is 0 Å². The molecule has 0 bridgehead atoms. The van der Waals surface area contributed by atoms with Crippen LogP contribution in [0.4, 0.5) is 0 Å². The number of amides is 2. The number of esters is 2. The molecule has 1 aromatic heterocycles. The summed E-state index contributed by atoms with van der Waals surface area (Å²) in [5.41, 5.74) is -0.593. The van der Waals surface area contributed by atoms with E-state index in [1.54, 1.807) is 0 Å². The van der Waals surface area contributed by atoms with Gasteiger partial charge in [-0.2, -0.15) is 0 Å². The maximum Gasteiger partial charge on any atom is 0.379 e. The summed E-state index contributed by atoms with van der Waals surface area (Å²) in [4.78, 5) is 79.7. The van der Waals surface area contributed by atoms with Gasteiger partial charge in [-0.05, 0) is 88.0 Å². The van der Waals surface area contributed by atoms with E-state index in [0.29, 0.717) is 5.06 Å². The molecule has 1 aliphatic heterocycles. The van der Waals surface area contributed by atoms with Crippen molar-refractivity contribution in [2.75, 3.05) is 0 Å². The summed E-state index contributed by atoms with van der Waals surface area (Å²) < 4.78 is 17.8. The lowest BCUT2D eigenvalue weighted by Crippen LogP contribution is -2.32. The number of hydrogen-bond donors (Lipinski definition) is 1. The van der Waals surface area contributed by atoms with Crippen molar-refractivity contribution in [1.29, 1.82) is 0 Å². The predicted molar refractivity (Wildman–Crippen MR) is 170 cm³/mol. The number of halogens is 4. The Labute approximate surface area is 286 Å². The number of fused-ring (bicyclic) bond motifs is 2. The number of benzene rings is 3. The first kappa shape index (κ1) is 32.7. The Kier molecular flexibility index (Phi) is 9.13. The second kappa shape index (κ2) is 12.6. The number of hydrogen-bond acceptors (Lipinski definition) is 9. The number of aromatic carboxylic acids is 1. The van der Waals surface area contributed by atoms with E-state index in [-0.39, 0.29) is 86.4 Å². The number of imide groups is 1. The Hall–Kier alpha value is -3.73. The summed E-state index contributed by atoms with van der Waals surface area (Å²) >= 11 is 13.6. The first-order valence-corrected chi connectivity index (χ1v) is 15.8. The van der Waals surface area contributed by atoms with Crippen LogP contribution in [-0.2, 0) is 24.0 Å². The molecule has 230 valence electrons. The zero-order valence-corrected chi connectivity index (χ0v) is 29.1. The molecule has 0 unspecified atom stereocenters. The van der Waals surface area contributed by atoms with Gasteiger partial charge in [0.05, 0.1) is 30.8 Å². The van der Waals surface area contributed by atoms with E-state index in [2.05, 4.69) is 63.7 Å². The third kappa shape index (κ3) is 5.98. The quantitative estimate of drug-likeness (QED) is 0.0677. The van der Waals surface area contributed by atoms with Gasteiger partial charge in [0.25, 0.3) is 11.8 Å². The van der Waals surface area contributed by atoms with Gasteiger partial charge in [-0.15, -0.1) is 5.06 Å². The number of carbonyl (C=O) groups excluding carboxylic acids is 5. The molecule has 1 aliphatic rings. The second-order valence-electron chi connectivity index (χ2n) is 9.41. The highest BCUT2D eigenvalue weighted by Gasteiger charge is 2.37. The van der Waals surface area contributed by atoms with Gasteiger partial charge in [-0.3, -0.25) is 19.2 Å². The third-order valence-electron chi connectivity index (χ3n) is 6.44. The first-order valence-electron chi connectivity index (χ1n) is 12.6. The zero-order valence-electron chi connectivity index (χ0n) is 22.8. The van der Waals surface area contributed by atoms with Crippen LogP contribution in [0.2, 0.25) is 0 Å². The Morgan fingerprint density at radius 2 is 1.24 bits per heavy atom. The molecule has 2 amide bonds. The van der Waals surface area contributed by atoms with Crippen molar-refractivity contribution in [1.82, 2.24) is 5.06 Å². The summed E-state index contributed by atoms with van der Waals surface area (Å²) in [5.74, 6) is -5.27. The van der Waals surface area contributed by atoms with Crippen LogP contribution in [0.3, 0.4) is 0 Å². The largest absolute Gasteiger partial charge is 0.478 e. The van der Waals surface area contributed by atoms with Crippen molar-refractivity contribution in [3.63, 3.8) is 0 Å². The van der Waals surface area contributed by atoms with Crippen molar-refractivity contribution in [3.05, 3.63) is 59.3 Å². The highest BCUT2D eigenvalue weighted by molar-refractivity contribution is 9.11. The van der Waals surface area contributed by atoms with Crippen LogP contribution in [-0.4, -0.2) is 45.9 Å². The van der Waals surface area contributed by atoms with Crippen molar-refractivity contribution in [2.45, 2.75) is 26.7 Å². The molecule has 2 heterocycles. The predicted octanol–water partition coefficient (Wildman–Crippen LogP) is 7.35. The van der Waals surface area contributed by atoms with Gasteiger partial charge >= 0.3 is 35.0 Å². The molecule has 1 saturated heterocycles. The van der Waals surface area contributed by atoms with Gasteiger partial charge < -0.3 is 19.4 Å². The van der Waals surface area contributed by atoms with E-state index < -0.39 is 35.7 Å². The van der Waals surface area contributed by atoms with Crippen LogP contribution in [0, 0.1) is 0 Å². The fourth-order valence-electron chi connectivity index (χ4n) is 4.69. The third-order valence-corrected chi connectivity index (χ3v) is 9.06. The SMILES string of the molecule is CC(=O)Oc1c(Br)cc2c(-c3c(C(=O)O)cccc3C(=O)ON3C(=O)CCC3=O)c3cc(Br)c(OC(C)=O)c(Br)c3[o+]c2c1Br. The molecular formula is C29H16Br4NO11+. The molecule has 0 atom stereocenters. The van der Waals surface area contributed by atoms with Gasteiger partial charge in [-0.1, -0.05) is 6.07 Å². The molecule has 1 fully saturated rings. The van der Waals surface area contributed by atoms with Gasteiger partial charge in [-0.25, -0.2) is 14.0 Å². The monoisotopic (exact) mass is 870 g/mol. The summed E-state index contributed by atoms with van der Waals surface area (Å²) in [7, 11) is 0. The highest BCUT2D eigenvalue weighted by Crippen LogP contribution is 2.50. The maximum absolute atomic E-state index is 13.6. The molecule has 1 N–H and O–H groups in total. The average molecular weight is 874 g/mol. The Morgan fingerprint density at radius 1 is 0.778 bits per heavy atom. The van der Waals surface area contributed by atoms with Gasteiger partial charge in [0.15, 0.2) is 20.4 Å².